The topological polar surface area (TPSA) is 64.6 Å². The Bertz CT molecular complexity index is 1070. The number of hydrogen-bond donors (Lipinski definition) is 1. The Hall–Kier alpha value is -2.83. The van der Waals surface area contributed by atoms with Gasteiger partial charge in [0.15, 0.2) is 0 Å². The van der Waals surface area contributed by atoms with Crippen LogP contribution in [0.1, 0.15) is 55.5 Å². The Balaban J connectivity index is 1.60. The molecule has 0 radical (unpaired) electrons. The van der Waals surface area contributed by atoms with Crippen LogP contribution in [0.5, 0.6) is 5.75 Å². The van der Waals surface area contributed by atoms with Gasteiger partial charge in [-0.3, -0.25) is 4.79 Å². The highest BCUT2D eigenvalue weighted by Gasteiger charge is 2.22. The van der Waals surface area contributed by atoms with Crippen LogP contribution in [-0.4, -0.2) is 25.1 Å². The number of thiophene rings is 1. The highest BCUT2D eigenvalue weighted by Crippen LogP contribution is 2.36. The predicted molar refractivity (Wildman–Crippen MR) is 135 cm³/mol. The van der Waals surface area contributed by atoms with E-state index in [0.717, 1.165) is 11.3 Å². The largest absolute Gasteiger partial charge is 0.494 e. The molecule has 0 unspecified atom stereocenters. The van der Waals surface area contributed by atoms with E-state index in [1.54, 1.807) is 19.1 Å². The van der Waals surface area contributed by atoms with Crippen molar-refractivity contribution < 1.29 is 19.1 Å². The van der Waals surface area contributed by atoms with Crippen molar-refractivity contribution in [3.8, 4) is 16.9 Å². The van der Waals surface area contributed by atoms with Gasteiger partial charge in [-0.25, -0.2) is 4.79 Å². The number of ether oxygens (including phenoxy) is 2. The summed E-state index contributed by atoms with van der Waals surface area (Å²) in [6.07, 6.45) is 0.836. The second kappa shape index (κ2) is 11.9. The molecule has 5 nitrogen and oxygen atoms in total. The average Bonchev–Trinajstić information content (AvgIpc) is 3.21. The molecule has 0 aliphatic carbocycles. The molecule has 0 saturated carbocycles. The van der Waals surface area contributed by atoms with Gasteiger partial charge in [-0.1, -0.05) is 49.7 Å². The minimum atomic E-state index is -0.466. The average molecular weight is 486 g/mol. The van der Waals surface area contributed by atoms with Crippen molar-refractivity contribution >= 4 is 39.8 Å². The van der Waals surface area contributed by atoms with E-state index in [9.17, 15) is 9.59 Å². The van der Waals surface area contributed by atoms with Gasteiger partial charge >= 0.3 is 5.97 Å². The van der Waals surface area contributed by atoms with Crippen LogP contribution in [0.3, 0.4) is 0 Å². The lowest BCUT2D eigenvalue weighted by molar-refractivity contribution is -0.116. The van der Waals surface area contributed by atoms with Gasteiger partial charge < -0.3 is 14.8 Å². The summed E-state index contributed by atoms with van der Waals surface area (Å²) >= 11 is 7.29. The van der Waals surface area contributed by atoms with Crippen molar-refractivity contribution in [1.82, 2.24) is 0 Å². The first-order valence-corrected chi connectivity index (χ1v) is 12.2. The standard InChI is InChI=1S/C26H28ClNO4S/c1-4-31-26(30)24-22(19-7-11-20(27)12-8-19)16-33-25(24)28-23(29)6-5-15-32-21-13-9-18(10-14-21)17(2)3/h7-14,16-17H,4-6,15H2,1-3H3,(H,28,29). The van der Waals surface area contributed by atoms with Crippen LogP contribution < -0.4 is 10.1 Å². The fourth-order valence-corrected chi connectivity index (χ4v) is 4.36. The molecule has 33 heavy (non-hydrogen) atoms. The number of benzene rings is 2. The molecule has 1 amide bonds. The van der Waals surface area contributed by atoms with Gasteiger partial charge in [0.05, 0.1) is 13.2 Å². The molecule has 0 saturated heterocycles. The van der Waals surface area contributed by atoms with E-state index in [2.05, 4.69) is 31.3 Å². The van der Waals surface area contributed by atoms with Crippen molar-refractivity contribution in [2.45, 2.75) is 39.5 Å². The first-order valence-electron chi connectivity index (χ1n) is 11.0. The van der Waals surface area contributed by atoms with E-state index in [-0.39, 0.29) is 18.9 Å². The van der Waals surface area contributed by atoms with Crippen molar-refractivity contribution in [3.63, 3.8) is 0 Å². The summed E-state index contributed by atoms with van der Waals surface area (Å²) in [5.41, 5.74) is 3.15. The number of carbonyl (C=O) groups is 2. The molecule has 1 N–H and O–H groups in total. The van der Waals surface area contributed by atoms with E-state index < -0.39 is 5.97 Å². The number of halogens is 1. The number of amides is 1. The molecule has 0 fully saturated rings. The van der Waals surface area contributed by atoms with Gasteiger partial charge in [-0.15, -0.1) is 11.3 Å². The van der Waals surface area contributed by atoms with E-state index in [1.807, 2.05) is 29.6 Å². The maximum absolute atomic E-state index is 12.6. The Morgan fingerprint density at radius 1 is 1.06 bits per heavy atom. The zero-order chi connectivity index (χ0) is 23.8. The smallest absolute Gasteiger partial charge is 0.341 e. The molecule has 2 aromatic carbocycles. The van der Waals surface area contributed by atoms with Crippen LogP contribution in [0.25, 0.3) is 11.1 Å². The van der Waals surface area contributed by atoms with Gasteiger partial charge in [-0.2, -0.15) is 0 Å². The van der Waals surface area contributed by atoms with Gasteiger partial charge in [0.25, 0.3) is 0 Å². The molecule has 3 rings (SSSR count). The van der Waals surface area contributed by atoms with Crippen molar-refractivity contribution in [3.05, 3.63) is 70.1 Å². The molecule has 3 aromatic rings. The van der Waals surface area contributed by atoms with Crippen molar-refractivity contribution in [2.75, 3.05) is 18.5 Å². The molecule has 0 aliphatic heterocycles. The lowest BCUT2D eigenvalue weighted by Crippen LogP contribution is -2.15. The quantitative estimate of drug-likeness (QED) is 0.244. The van der Waals surface area contributed by atoms with Crippen LogP contribution in [0.4, 0.5) is 5.00 Å². The molecule has 0 atom stereocenters. The summed E-state index contributed by atoms with van der Waals surface area (Å²) in [7, 11) is 0. The molecule has 0 aliphatic rings. The SMILES string of the molecule is CCOC(=O)c1c(-c2ccc(Cl)cc2)csc1NC(=O)CCCOc1ccc(C(C)C)cc1. The lowest BCUT2D eigenvalue weighted by Gasteiger charge is -2.10. The number of anilines is 1. The highest BCUT2D eigenvalue weighted by molar-refractivity contribution is 7.15. The van der Waals surface area contributed by atoms with Crippen LogP contribution in [0, 0.1) is 0 Å². The number of nitrogens with one attached hydrogen (secondary N) is 1. The second-order valence-electron chi connectivity index (χ2n) is 7.80. The first kappa shape index (κ1) is 24.8. The first-order chi connectivity index (χ1) is 15.9. The molecule has 174 valence electrons. The van der Waals surface area contributed by atoms with Gasteiger partial charge in [0.2, 0.25) is 5.91 Å². The third-order valence-corrected chi connectivity index (χ3v) is 6.19. The van der Waals surface area contributed by atoms with Crippen molar-refractivity contribution in [1.29, 1.82) is 0 Å². The molecule has 7 heteroatoms. The van der Waals surface area contributed by atoms with E-state index in [1.165, 1.54) is 16.9 Å². The molecular formula is C26H28ClNO4S. The summed E-state index contributed by atoms with van der Waals surface area (Å²) in [4.78, 5) is 25.2. The number of rotatable bonds is 10. The minimum Gasteiger partial charge on any atom is -0.494 e. The van der Waals surface area contributed by atoms with Crippen LogP contribution in [-0.2, 0) is 9.53 Å². The van der Waals surface area contributed by atoms with E-state index >= 15 is 0 Å². The summed E-state index contributed by atoms with van der Waals surface area (Å²) in [5, 5.41) is 5.80. The monoisotopic (exact) mass is 485 g/mol. The van der Waals surface area contributed by atoms with Gasteiger partial charge in [0, 0.05) is 22.4 Å². The van der Waals surface area contributed by atoms with Crippen LogP contribution in [0.2, 0.25) is 5.02 Å². The minimum absolute atomic E-state index is 0.177. The predicted octanol–water partition coefficient (Wildman–Crippen LogP) is 7.17. The fraction of sp³-hybridized carbons (Fsp3) is 0.308. The molecule has 0 spiro atoms. The zero-order valence-electron chi connectivity index (χ0n) is 19.0. The van der Waals surface area contributed by atoms with Gasteiger partial charge in [0.1, 0.15) is 16.3 Å². The van der Waals surface area contributed by atoms with Gasteiger partial charge in [-0.05, 0) is 54.7 Å². The second-order valence-corrected chi connectivity index (χ2v) is 9.12. The van der Waals surface area contributed by atoms with Crippen LogP contribution >= 0.6 is 22.9 Å². The normalized spacial score (nSPS) is 10.8. The maximum atomic E-state index is 12.6. The van der Waals surface area contributed by atoms with Crippen LogP contribution in [0.15, 0.2) is 53.9 Å². The molecule has 1 aromatic heterocycles. The highest BCUT2D eigenvalue weighted by atomic mass is 35.5. The molecule has 0 bridgehead atoms. The summed E-state index contributed by atoms with van der Waals surface area (Å²) in [5.74, 6) is 0.617. The zero-order valence-corrected chi connectivity index (χ0v) is 20.6. The number of hydrogen-bond acceptors (Lipinski definition) is 5. The fourth-order valence-electron chi connectivity index (χ4n) is 3.26. The Morgan fingerprint density at radius 3 is 2.39 bits per heavy atom. The summed E-state index contributed by atoms with van der Waals surface area (Å²) in [6, 6.07) is 15.2. The Morgan fingerprint density at radius 2 is 1.76 bits per heavy atom. The molecular weight excluding hydrogens is 458 g/mol. The summed E-state index contributed by atoms with van der Waals surface area (Å²) in [6.45, 7) is 6.72. The van der Waals surface area contributed by atoms with E-state index in [0.29, 0.717) is 40.1 Å². The molecule has 1 heterocycles. The van der Waals surface area contributed by atoms with Crippen molar-refractivity contribution in [2.24, 2.45) is 0 Å². The third-order valence-electron chi connectivity index (χ3n) is 5.04. The Kier molecular flexibility index (Phi) is 8.92. The Labute approximate surface area is 203 Å². The van der Waals surface area contributed by atoms with E-state index in [4.69, 9.17) is 21.1 Å². The maximum Gasteiger partial charge on any atom is 0.341 e. The lowest BCUT2D eigenvalue weighted by atomic mass is 10.0. The number of carbonyl (C=O) groups excluding carboxylic acids is 2. The third kappa shape index (κ3) is 6.83. The summed E-state index contributed by atoms with van der Waals surface area (Å²) < 4.78 is 11.0. The number of esters is 1.